The van der Waals surface area contributed by atoms with E-state index in [9.17, 15) is 14.7 Å². The quantitative estimate of drug-likeness (QED) is 0.570. The maximum Gasteiger partial charge on any atom is 0.275 e. The van der Waals surface area contributed by atoms with Gasteiger partial charge in [0.2, 0.25) is 5.95 Å². The molecule has 2 N–H and O–H groups in total. The van der Waals surface area contributed by atoms with E-state index in [2.05, 4.69) is 20.2 Å². The molecule has 0 atom stereocenters. The Morgan fingerprint density at radius 2 is 1.95 bits per heavy atom. The van der Waals surface area contributed by atoms with Gasteiger partial charge in [0.25, 0.3) is 5.91 Å². The van der Waals surface area contributed by atoms with Gasteiger partial charge in [0, 0.05) is 12.4 Å². The summed E-state index contributed by atoms with van der Waals surface area (Å²) in [7, 11) is 0. The minimum absolute atomic E-state index is 0.270. The molecule has 0 aromatic carbocycles. The van der Waals surface area contributed by atoms with Gasteiger partial charge < -0.3 is 25.0 Å². The number of aliphatic carboxylic acids is 1. The second kappa shape index (κ2) is 6.80. The fourth-order valence-electron chi connectivity index (χ4n) is 2.11. The molecular formula is C12H17N5O3. The zero-order chi connectivity index (χ0) is 14.4. The van der Waals surface area contributed by atoms with Crippen molar-refractivity contribution in [3.8, 4) is 0 Å². The van der Waals surface area contributed by atoms with Crippen molar-refractivity contribution in [3.63, 3.8) is 0 Å². The monoisotopic (exact) mass is 279 g/mol. The standard InChI is InChI=1S/C12H17N5O3/c18-10(15-8-11(19)20)9-16-4-6-17(7-5-16)12-13-2-1-3-14-12/h1-3H,4-9H2,(H,15,18)(H,19,20). The molecule has 1 aromatic heterocycles. The summed E-state index contributed by atoms with van der Waals surface area (Å²) in [5.74, 6) is -0.846. The Balaban J connectivity index is 1.74. The van der Waals surface area contributed by atoms with Gasteiger partial charge in [-0.15, -0.1) is 0 Å². The summed E-state index contributed by atoms with van der Waals surface area (Å²) >= 11 is 0. The Kier molecular flexibility index (Phi) is 4.83. The van der Waals surface area contributed by atoms with Crippen molar-refractivity contribution in [2.75, 3.05) is 44.2 Å². The maximum absolute atomic E-state index is 11.5. The minimum atomic E-state index is -1.28. The normalized spacial score (nSPS) is 15.9. The van der Waals surface area contributed by atoms with Gasteiger partial charge in [-0.3, -0.25) is 4.79 Å². The van der Waals surface area contributed by atoms with E-state index in [0.29, 0.717) is 5.95 Å². The van der Waals surface area contributed by atoms with Crippen LogP contribution in [-0.2, 0) is 9.59 Å². The number of quaternary nitrogens is 1. The SMILES string of the molecule is O=C([O-])CNC(=O)C[NH+]1CCN(c2ncccn2)CC1. The van der Waals surface area contributed by atoms with Gasteiger partial charge in [0.1, 0.15) is 0 Å². The van der Waals surface area contributed by atoms with Gasteiger partial charge in [0.05, 0.1) is 38.7 Å². The van der Waals surface area contributed by atoms with Crippen LogP contribution >= 0.6 is 0 Å². The first kappa shape index (κ1) is 14.2. The first-order valence-electron chi connectivity index (χ1n) is 6.47. The van der Waals surface area contributed by atoms with Crippen molar-refractivity contribution in [3.05, 3.63) is 18.5 Å². The third-order valence-electron chi connectivity index (χ3n) is 3.15. The third kappa shape index (κ3) is 4.16. The average Bonchev–Trinajstić information content (AvgIpc) is 2.47. The van der Waals surface area contributed by atoms with Crippen molar-refractivity contribution in [1.29, 1.82) is 0 Å². The van der Waals surface area contributed by atoms with Gasteiger partial charge in [-0.1, -0.05) is 0 Å². The van der Waals surface area contributed by atoms with Crippen LogP contribution in [0.15, 0.2) is 18.5 Å². The summed E-state index contributed by atoms with van der Waals surface area (Å²) in [6.07, 6.45) is 3.41. The summed E-state index contributed by atoms with van der Waals surface area (Å²) in [6, 6.07) is 1.77. The lowest BCUT2D eigenvalue weighted by molar-refractivity contribution is -0.892. The number of anilines is 1. The van der Waals surface area contributed by atoms with Gasteiger partial charge in [-0.05, 0) is 6.07 Å². The highest BCUT2D eigenvalue weighted by Gasteiger charge is 2.23. The highest BCUT2D eigenvalue weighted by Crippen LogP contribution is 2.03. The van der Waals surface area contributed by atoms with E-state index in [0.717, 1.165) is 31.1 Å². The van der Waals surface area contributed by atoms with E-state index in [-0.39, 0.29) is 12.5 Å². The largest absolute Gasteiger partial charge is 0.548 e. The molecule has 8 nitrogen and oxygen atoms in total. The summed E-state index contributed by atoms with van der Waals surface area (Å²) in [4.78, 5) is 33.3. The number of nitrogens with one attached hydrogen (secondary N) is 2. The van der Waals surface area contributed by atoms with Crippen molar-refractivity contribution in [2.24, 2.45) is 0 Å². The molecule has 0 radical (unpaired) electrons. The number of piperazine rings is 1. The molecule has 0 bridgehead atoms. The number of aromatic nitrogens is 2. The Bertz CT molecular complexity index is 459. The van der Waals surface area contributed by atoms with Crippen LogP contribution in [-0.4, -0.2) is 61.1 Å². The molecule has 0 saturated carbocycles. The lowest BCUT2D eigenvalue weighted by atomic mass is 10.3. The van der Waals surface area contributed by atoms with Crippen molar-refractivity contribution < 1.29 is 19.6 Å². The molecule has 0 spiro atoms. The predicted octanol–water partition coefficient (Wildman–Crippen LogP) is -3.95. The maximum atomic E-state index is 11.5. The molecule has 1 aliphatic heterocycles. The molecule has 1 fully saturated rings. The number of amides is 1. The van der Waals surface area contributed by atoms with E-state index in [1.54, 1.807) is 18.5 Å². The van der Waals surface area contributed by atoms with Crippen molar-refractivity contribution in [2.45, 2.75) is 0 Å². The van der Waals surface area contributed by atoms with Crippen LogP contribution in [0, 0.1) is 0 Å². The van der Waals surface area contributed by atoms with Gasteiger partial charge in [0.15, 0.2) is 6.54 Å². The summed E-state index contributed by atoms with van der Waals surface area (Å²) in [5, 5.41) is 12.6. The molecule has 1 amide bonds. The topological polar surface area (TPSA) is 103 Å². The molecule has 1 saturated heterocycles. The molecule has 20 heavy (non-hydrogen) atoms. The molecular weight excluding hydrogens is 262 g/mol. The minimum Gasteiger partial charge on any atom is -0.548 e. The molecule has 0 unspecified atom stereocenters. The lowest BCUT2D eigenvalue weighted by Crippen LogP contribution is -3.16. The Morgan fingerprint density at radius 1 is 1.30 bits per heavy atom. The average molecular weight is 279 g/mol. The molecule has 1 aliphatic rings. The summed E-state index contributed by atoms with van der Waals surface area (Å²) in [5.41, 5.74) is 0. The second-order valence-corrected chi connectivity index (χ2v) is 4.61. The van der Waals surface area contributed by atoms with Gasteiger partial charge >= 0.3 is 0 Å². The van der Waals surface area contributed by atoms with Crippen LogP contribution in [0.4, 0.5) is 5.95 Å². The zero-order valence-corrected chi connectivity index (χ0v) is 11.0. The van der Waals surface area contributed by atoms with E-state index in [1.165, 1.54) is 0 Å². The third-order valence-corrected chi connectivity index (χ3v) is 3.15. The van der Waals surface area contributed by atoms with Crippen molar-refractivity contribution >= 4 is 17.8 Å². The number of carboxylic acids is 1. The summed E-state index contributed by atoms with van der Waals surface area (Å²) < 4.78 is 0. The number of hydrogen-bond donors (Lipinski definition) is 2. The van der Waals surface area contributed by atoms with Crippen LogP contribution in [0.3, 0.4) is 0 Å². The molecule has 2 rings (SSSR count). The fraction of sp³-hybridized carbons (Fsp3) is 0.500. The smallest absolute Gasteiger partial charge is 0.275 e. The van der Waals surface area contributed by atoms with Gasteiger partial charge in [-0.25, -0.2) is 9.97 Å². The van der Waals surface area contributed by atoms with E-state index in [4.69, 9.17) is 0 Å². The van der Waals surface area contributed by atoms with E-state index >= 15 is 0 Å². The van der Waals surface area contributed by atoms with Crippen molar-refractivity contribution in [1.82, 2.24) is 15.3 Å². The number of nitrogens with zero attached hydrogens (tertiary/aromatic N) is 3. The highest BCUT2D eigenvalue weighted by molar-refractivity contribution is 5.81. The number of hydrogen-bond acceptors (Lipinski definition) is 6. The Hall–Kier alpha value is -2.22. The molecule has 1 aromatic rings. The van der Waals surface area contributed by atoms with Crippen LogP contribution in [0.2, 0.25) is 0 Å². The number of rotatable bonds is 5. The van der Waals surface area contributed by atoms with Gasteiger partial charge in [-0.2, -0.15) is 0 Å². The van der Waals surface area contributed by atoms with E-state index < -0.39 is 12.5 Å². The zero-order valence-electron chi connectivity index (χ0n) is 11.0. The number of carboxylic acid groups (broad SMARTS) is 1. The molecule has 2 heterocycles. The molecule has 0 aliphatic carbocycles. The summed E-state index contributed by atoms with van der Waals surface area (Å²) in [6.45, 7) is 2.96. The first-order chi connectivity index (χ1) is 9.65. The Labute approximate surface area is 116 Å². The first-order valence-corrected chi connectivity index (χ1v) is 6.47. The fourth-order valence-corrected chi connectivity index (χ4v) is 2.11. The van der Waals surface area contributed by atoms with Crippen LogP contribution < -0.4 is 20.2 Å². The van der Waals surface area contributed by atoms with Crippen LogP contribution in [0.25, 0.3) is 0 Å². The highest BCUT2D eigenvalue weighted by atomic mass is 16.4. The number of carbonyl (C=O) groups is 2. The lowest BCUT2D eigenvalue weighted by Gasteiger charge is -2.31. The predicted molar refractivity (Wildman–Crippen MR) is 67.8 cm³/mol. The van der Waals surface area contributed by atoms with Crippen LogP contribution in [0.1, 0.15) is 0 Å². The van der Waals surface area contributed by atoms with E-state index in [1.807, 2.05) is 0 Å². The number of carbonyl (C=O) groups excluding carboxylic acids is 2. The van der Waals surface area contributed by atoms with Crippen LogP contribution in [0.5, 0.6) is 0 Å². The Morgan fingerprint density at radius 3 is 2.55 bits per heavy atom. The second-order valence-electron chi connectivity index (χ2n) is 4.61. The molecule has 8 heteroatoms. The molecule has 108 valence electrons.